The first-order valence-corrected chi connectivity index (χ1v) is 8.07. The fourth-order valence-electron chi connectivity index (χ4n) is 2.62. The minimum Gasteiger partial charge on any atom is -0.454 e. The molecule has 2 heterocycles. The van der Waals surface area contributed by atoms with E-state index in [0.29, 0.717) is 19.6 Å². The minimum atomic E-state index is -0.0881. The fraction of sp³-hybridized carbons (Fsp3) is 0.412. The molecule has 1 N–H and O–H groups in total. The van der Waals surface area contributed by atoms with Gasteiger partial charge in [-0.1, -0.05) is 6.07 Å². The van der Waals surface area contributed by atoms with E-state index in [0.717, 1.165) is 17.1 Å². The van der Waals surface area contributed by atoms with E-state index < -0.39 is 0 Å². The van der Waals surface area contributed by atoms with Crippen LogP contribution in [0.15, 0.2) is 36.7 Å². The van der Waals surface area contributed by atoms with Gasteiger partial charge in [0.05, 0.1) is 6.54 Å². The molecule has 7 nitrogen and oxygen atoms in total. The maximum Gasteiger partial charge on any atom is 0.317 e. The molecule has 1 aliphatic rings. The Morgan fingerprint density at radius 2 is 2.25 bits per heavy atom. The molecule has 2 amide bonds. The average Bonchev–Trinajstić information content (AvgIpc) is 3.23. The highest BCUT2D eigenvalue weighted by Gasteiger charge is 2.18. The first-order valence-electron chi connectivity index (χ1n) is 8.07. The van der Waals surface area contributed by atoms with Crippen LogP contribution in [0.25, 0.3) is 0 Å². The molecule has 1 atom stereocenters. The fourth-order valence-corrected chi connectivity index (χ4v) is 2.62. The zero-order chi connectivity index (χ0) is 16.9. The van der Waals surface area contributed by atoms with Crippen LogP contribution in [0.5, 0.6) is 11.5 Å². The van der Waals surface area contributed by atoms with Crippen LogP contribution in [0.3, 0.4) is 0 Å². The highest BCUT2D eigenvalue weighted by Crippen LogP contribution is 2.32. The maximum atomic E-state index is 12.5. The molecule has 7 heteroatoms. The Bertz CT molecular complexity index is 687. The van der Waals surface area contributed by atoms with Crippen molar-refractivity contribution < 1.29 is 14.3 Å². The standard InChI is InChI=1S/C17H22N4O3/c1-3-20(11-14-5-6-15-16(9-14)24-12-23-15)17(22)19-13(2)10-21-8-4-7-18-21/h4-9,13H,3,10-12H2,1-2H3,(H,19,22)/t13-/m0/s1. The Kier molecular flexibility index (Phi) is 4.88. The van der Waals surface area contributed by atoms with Gasteiger partial charge < -0.3 is 19.7 Å². The van der Waals surface area contributed by atoms with Crippen LogP contribution in [0.1, 0.15) is 19.4 Å². The number of fused-ring (bicyclic) bond motifs is 1. The number of rotatable bonds is 6. The van der Waals surface area contributed by atoms with E-state index in [-0.39, 0.29) is 18.9 Å². The van der Waals surface area contributed by atoms with Crippen molar-refractivity contribution in [2.75, 3.05) is 13.3 Å². The quantitative estimate of drug-likeness (QED) is 0.882. The molecule has 2 aromatic rings. The zero-order valence-corrected chi connectivity index (χ0v) is 13.9. The van der Waals surface area contributed by atoms with E-state index in [4.69, 9.17) is 9.47 Å². The molecule has 0 bridgehead atoms. The summed E-state index contributed by atoms with van der Waals surface area (Å²) in [7, 11) is 0. The zero-order valence-electron chi connectivity index (χ0n) is 13.9. The molecular formula is C17H22N4O3. The lowest BCUT2D eigenvalue weighted by Gasteiger charge is -2.24. The van der Waals surface area contributed by atoms with Gasteiger partial charge in [0.2, 0.25) is 6.79 Å². The summed E-state index contributed by atoms with van der Waals surface area (Å²) in [4.78, 5) is 14.2. The molecule has 1 aromatic carbocycles. The van der Waals surface area contributed by atoms with Crippen LogP contribution in [-0.2, 0) is 13.1 Å². The van der Waals surface area contributed by atoms with Gasteiger partial charge in [0.15, 0.2) is 11.5 Å². The van der Waals surface area contributed by atoms with Gasteiger partial charge in [0.1, 0.15) is 0 Å². The molecule has 0 saturated heterocycles. The third kappa shape index (κ3) is 3.79. The molecule has 1 aliphatic heterocycles. The number of aromatic nitrogens is 2. The Labute approximate surface area is 141 Å². The normalized spacial score (nSPS) is 13.6. The number of benzene rings is 1. The van der Waals surface area contributed by atoms with Gasteiger partial charge in [-0.25, -0.2) is 4.79 Å². The second-order valence-electron chi connectivity index (χ2n) is 5.78. The lowest BCUT2D eigenvalue weighted by molar-refractivity contribution is 0.173. The van der Waals surface area contributed by atoms with E-state index in [1.54, 1.807) is 15.8 Å². The van der Waals surface area contributed by atoms with Crippen molar-refractivity contribution >= 4 is 6.03 Å². The summed E-state index contributed by atoms with van der Waals surface area (Å²) in [5.74, 6) is 1.48. The largest absolute Gasteiger partial charge is 0.454 e. The SMILES string of the molecule is CCN(Cc1ccc2c(c1)OCO2)C(=O)N[C@@H](C)Cn1cccn1. The van der Waals surface area contributed by atoms with Crippen LogP contribution in [0, 0.1) is 0 Å². The summed E-state index contributed by atoms with van der Waals surface area (Å²) in [5.41, 5.74) is 1.01. The van der Waals surface area contributed by atoms with Gasteiger partial charge in [-0.15, -0.1) is 0 Å². The number of amides is 2. The topological polar surface area (TPSA) is 68.6 Å². The number of urea groups is 1. The lowest BCUT2D eigenvalue weighted by Crippen LogP contribution is -2.44. The summed E-state index contributed by atoms with van der Waals surface area (Å²) < 4.78 is 12.5. The molecule has 0 saturated carbocycles. The third-order valence-electron chi connectivity index (χ3n) is 3.87. The van der Waals surface area contributed by atoms with Gasteiger partial charge in [-0.3, -0.25) is 4.68 Å². The van der Waals surface area contributed by atoms with Crippen LogP contribution in [-0.4, -0.2) is 40.1 Å². The number of hydrogen-bond acceptors (Lipinski definition) is 4. The highest BCUT2D eigenvalue weighted by molar-refractivity contribution is 5.74. The van der Waals surface area contributed by atoms with Crippen LogP contribution in [0.2, 0.25) is 0 Å². The Morgan fingerprint density at radius 1 is 1.42 bits per heavy atom. The van der Waals surface area contributed by atoms with Crippen molar-refractivity contribution in [3.8, 4) is 11.5 Å². The monoisotopic (exact) mass is 330 g/mol. The van der Waals surface area contributed by atoms with E-state index >= 15 is 0 Å². The molecule has 0 fully saturated rings. The number of carbonyl (C=O) groups excluding carboxylic acids is 1. The Balaban J connectivity index is 1.57. The number of nitrogens with zero attached hydrogens (tertiary/aromatic N) is 3. The predicted octanol–water partition coefficient (Wildman–Crippen LogP) is 2.23. The molecule has 128 valence electrons. The minimum absolute atomic E-state index is 0.0109. The smallest absolute Gasteiger partial charge is 0.317 e. The molecule has 24 heavy (non-hydrogen) atoms. The number of carbonyl (C=O) groups is 1. The van der Waals surface area contributed by atoms with E-state index in [2.05, 4.69) is 10.4 Å². The van der Waals surface area contributed by atoms with Gasteiger partial charge in [-0.2, -0.15) is 5.10 Å². The van der Waals surface area contributed by atoms with Crippen LogP contribution < -0.4 is 14.8 Å². The van der Waals surface area contributed by atoms with Crippen LogP contribution >= 0.6 is 0 Å². The van der Waals surface area contributed by atoms with Crippen molar-refractivity contribution in [1.82, 2.24) is 20.0 Å². The summed E-state index contributed by atoms with van der Waals surface area (Å²) in [6, 6.07) is 7.52. The molecule has 1 aromatic heterocycles. The average molecular weight is 330 g/mol. The van der Waals surface area contributed by atoms with Crippen LogP contribution in [0.4, 0.5) is 4.79 Å². The van der Waals surface area contributed by atoms with E-state index in [9.17, 15) is 4.79 Å². The number of nitrogens with one attached hydrogen (secondary N) is 1. The molecule has 0 unspecified atom stereocenters. The molecule has 0 aliphatic carbocycles. The third-order valence-corrected chi connectivity index (χ3v) is 3.87. The predicted molar refractivity (Wildman–Crippen MR) is 88.9 cm³/mol. The second-order valence-corrected chi connectivity index (χ2v) is 5.78. The van der Waals surface area contributed by atoms with Gasteiger partial charge in [-0.05, 0) is 37.6 Å². The Hall–Kier alpha value is -2.70. The highest BCUT2D eigenvalue weighted by atomic mass is 16.7. The first-order chi connectivity index (χ1) is 11.7. The van der Waals surface area contributed by atoms with Crippen molar-refractivity contribution in [1.29, 1.82) is 0 Å². The molecule has 0 radical (unpaired) electrons. The summed E-state index contributed by atoms with van der Waals surface area (Å²) in [5, 5.41) is 7.17. The number of ether oxygens (including phenoxy) is 2. The first kappa shape index (κ1) is 16.2. The molecule has 3 rings (SSSR count). The van der Waals surface area contributed by atoms with Crippen molar-refractivity contribution in [3.63, 3.8) is 0 Å². The second kappa shape index (κ2) is 7.25. The summed E-state index contributed by atoms with van der Waals surface area (Å²) in [6.45, 7) is 5.96. The molecular weight excluding hydrogens is 308 g/mol. The Morgan fingerprint density at radius 3 is 3.00 bits per heavy atom. The van der Waals surface area contributed by atoms with Gasteiger partial charge in [0.25, 0.3) is 0 Å². The van der Waals surface area contributed by atoms with Crippen molar-refractivity contribution in [2.24, 2.45) is 0 Å². The lowest BCUT2D eigenvalue weighted by atomic mass is 10.2. The summed E-state index contributed by atoms with van der Waals surface area (Å²) in [6.07, 6.45) is 3.61. The van der Waals surface area contributed by atoms with Crippen molar-refractivity contribution in [3.05, 3.63) is 42.2 Å². The molecule has 0 spiro atoms. The van der Waals surface area contributed by atoms with E-state index in [1.807, 2.05) is 44.3 Å². The maximum absolute atomic E-state index is 12.5. The van der Waals surface area contributed by atoms with Gasteiger partial charge >= 0.3 is 6.03 Å². The van der Waals surface area contributed by atoms with Crippen molar-refractivity contribution in [2.45, 2.75) is 33.0 Å². The van der Waals surface area contributed by atoms with E-state index in [1.165, 1.54) is 0 Å². The summed E-state index contributed by atoms with van der Waals surface area (Å²) >= 11 is 0. The number of hydrogen-bond donors (Lipinski definition) is 1. The van der Waals surface area contributed by atoms with Gasteiger partial charge in [0, 0.05) is 31.5 Å².